The van der Waals surface area contributed by atoms with Crippen molar-refractivity contribution in [1.29, 1.82) is 0 Å². The summed E-state index contributed by atoms with van der Waals surface area (Å²) in [6.07, 6.45) is 6.38. The summed E-state index contributed by atoms with van der Waals surface area (Å²) in [7, 11) is 0. The number of thioether (sulfide) groups is 1. The van der Waals surface area contributed by atoms with Crippen LogP contribution in [0.3, 0.4) is 0 Å². The third kappa shape index (κ3) is 6.32. The molecular weight excluding hydrogens is 232 g/mol. The van der Waals surface area contributed by atoms with Crippen molar-refractivity contribution in [2.75, 3.05) is 18.8 Å². The van der Waals surface area contributed by atoms with Crippen LogP contribution in [0.2, 0.25) is 0 Å². The SMILES string of the molecule is CCC(CCN)CCC(=O)NCC1CCCS1. The molecule has 2 unspecified atom stereocenters. The molecule has 1 amide bonds. The smallest absolute Gasteiger partial charge is 0.220 e. The van der Waals surface area contributed by atoms with Crippen LogP contribution in [0.15, 0.2) is 0 Å². The fourth-order valence-corrected chi connectivity index (χ4v) is 3.45. The van der Waals surface area contributed by atoms with Gasteiger partial charge in [-0.1, -0.05) is 13.3 Å². The molecule has 100 valence electrons. The fourth-order valence-electron chi connectivity index (χ4n) is 2.24. The zero-order chi connectivity index (χ0) is 12.5. The van der Waals surface area contributed by atoms with Crippen LogP contribution < -0.4 is 11.1 Å². The summed E-state index contributed by atoms with van der Waals surface area (Å²) in [6.45, 7) is 3.77. The highest BCUT2D eigenvalue weighted by Gasteiger charge is 2.16. The summed E-state index contributed by atoms with van der Waals surface area (Å²) < 4.78 is 0. The molecule has 0 aromatic heterocycles. The first kappa shape index (κ1) is 14.8. The lowest BCUT2D eigenvalue weighted by Gasteiger charge is -2.14. The molecule has 4 heteroatoms. The summed E-state index contributed by atoms with van der Waals surface area (Å²) in [4.78, 5) is 11.7. The fraction of sp³-hybridized carbons (Fsp3) is 0.923. The standard InChI is InChI=1S/C13H26N2OS/c1-2-11(7-8-14)5-6-13(16)15-10-12-4-3-9-17-12/h11-12H,2-10,14H2,1H3,(H,15,16). The zero-order valence-corrected chi connectivity index (χ0v) is 11.7. The molecule has 3 nitrogen and oxygen atoms in total. The van der Waals surface area contributed by atoms with Crippen molar-refractivity contribution >= 4 is 17.7 Å². The molecule has 0 bridgehead atoms. The van der Waals surface area contributed by atoms with Gasteiger partial charge in [-0.15, -0.1) is 0 Å². The van der Waals surface area contributed by atoms with Gasteiger partial charge in [0.15, 0.2) is 0 Å². The van der Waals surface area contributed by atoms with E-state index in [1.807, 2.05) is 11.8 Å². The van der Waals surface area contributed by atoms with Crippen molar-refractivity contribution in [2.24, 2.45) is 11.7 Å². The van der Waals surface area contributed by atoms with E-state index in [0.29, 0.717) is 17.6 Å². The highest BCUT2D eigenvalue weighted by molar-refractivity contribution is 8.00. The van der Waals surface area contributed by atoms with Gasteiger partial charge in [0.05, 0.1) is 0 Å². The molecule has 1 aliphatic heterocycles. The minimum absolute atomic E-state index is 0.216. The first-order valence-corrected chi connectivity index (χ1v) is 7.89. The minimum atomic E-state index is 0.216. The lowest BCUT2D eigenvalue weighted by atomic mass is 9.96. The minimum Gasteiger partial charge on any atom is -0.355 e. The van der Waals surface area contributed by atoms with Gasteiger partial charge in [-0.25, -0.2) is 0 Å². The van der Waals surface area contributed by atoms with Crippen LogP contribution in [0.4, 0.5) is 0 Å². The van der Waals surface area contributed by atoms with E-state index in [4.69, 9.17) is 5.73 Å². The van der Waals surface area contributed by atoms with Crippen LogP contribution in [-0.2, 0) is 4.79 Å². The zero-order valence-electron chi connectivity index (χ0n) is 10.9. The molecule has 0 aromatic carbocycles. The molecule has 3 N–H and O–H groups in total. The molecule has 0 spiro atoms. The second-order valence-electron chi connectivity index (χ2n) is 4.83. The molecule has 2 atom stereocenters. The van der Waals surface area contributed by atoms with Gasteiger partial charge in [0.2, 0.25) is 5.91 Å². The van der Waals surface area contributed by atoms with Crippen LogP contribution in [0.25, 0.3) is 0 Å². The van der Waals surface area contributed by atoms with Crippen molar-refractivity contribution in [3.8, 4) is 0 Å². The van der Waals surface area contributed by atoms with Crippen LogP contribution in [-0.4, -0.2) is 30.0 Å². The van der Waals surface area contributed by atoms with Crippen molar-refractivity contribution in [1.82, 2.24) is 5.32 Å². The average Bonchev–Trinajstić information content (AvgIpc) is 2.85. The lowest BCUT2D eigenvalue weighted by Crippen LogP contribution is -2.29. The Morgan fingerprint density at radius 1 is 1.53 bits per heavy atom. The van der Waals surface area contributed by atoms with Gasteiger partial charge in [0.25, 0.3) is 0 Å². The van der Waals surface area contributed by atoms with E-state index in [1.54, 1.807) is 0 Å². The van der Waals surface area contributed by atoms with E-state index >= 15 is 0 Å². The molecular formula is C13H26N2OS. The van der Waals surface area contributed by atoms with E-state index in [0.717, 1.165) is 32.4 Å². The van der Waals surface area contributed by atoms with Crippen molar-refractivity contribution in [3.63, 3.8) is 0 Å². The predicted octanol–water partition coefficient (Wildman–Crippen LogP) is 2.15. The Labute approximate surface area is 109 Å². The number of carbonyl (C=O) groups is 1. The molecule has 1 fully saturated rings. The predicted molar refractivity (Wildman–Crippen MR) is 75.2 cm³/mol. The summed E-state index contributed by atoms with van der Waals surface area (Å²) >= 11 is 1.99. The summed E-state index contributed by atoms with van der Waals surface area (Å²) in [6, 6.07) is 0. The molecule has 1 saturated heterocycles. The molecule has 1 aliphatic rings. The van der Waals surface area contributed by atoms with Gasteiger partial charge in [-0.05, 0) is 43.9 Å². The molecule has 0 saturated carbocycles. The quantitative estimate of drug-likeness (QED) is 0.701. The van der Waals surface area contributed by atoms with Crippen LogP contribution >= 0.6 is 11.8 Å². The normalized spacial score (nSPS) is 21.4. The van der Waals surface area contributed by atoms with Gasteiger partial charge >= 0.3 is 0 Å². The van der Waals surface area contributed by atoms with Crippen molar-refractivity contribution < 1.29 is 4.79 Å². The molecule has 1 heterocycles. The van der Waals surface area contributed by atoms with E-state index in [-0.39, 0.29) is 5.91 Å². The number of nitrogens with one attached hydrogen (secondary N) is 1. The Hall–Kier alpha value is -0.220. The van der Waals surface area contributed by atoms with E-state index in [1.165, 1.54) is 18.6 Å². The maximum Gasteiger partial charge on any atom is 0.220 e. The van der Waals surface area contributed by atoms with Crippen molar-refractivity contribution in [2.45, 2.75) is 50.7 Å². The second-order valence-corrected chi connectivity index (χ2v) is 6.24. The van der Waals surface area contributed by atoms with E-state index in [2.05, 4.69) is 12.2 Å². The van der Waals surface area contributed by atoms with Gasteiger partial charge in [-0.2, -0.15) is 11.8 Å². The highest BCUT2D eigenvalue weighted by atomic mass is 32.2. The maximum atomic E-state index is 11.7. The number of carbonyl (C=O) groups excluding carboxylic acids is 1. The molecule has 0 aromatic rings. The lowest BCUT2D eigenvalue weighted by molar-refractivity contribution is -0.121. The van der Waals surface area contributed by atoms with Crippen LogP contribution in [0.5, 0.6) is 0 Å². The van der Waals surface area contributed by atoms with Gasteiger partial charge in [-0.3, -0.25) is 4.79 Å². The number of hydrogen-bond donors (Lipinski definition) is 2. The van der Waals surface area contributed by atoms with E-state index in [9.17, 15) is 4.79 Å². The Morgan fingerprint density at radius 3 is 2.94 bits per heavy atom. The highest BCUT2D eigenvalue weighted by Crippen LogP contribution is 2.25. The maximum absolute atomic E-state index is 11.7. The third-order valence-corrected chi connectivity index (χ3v) is 4.88. The summed E-state index contributed by atoms with van der Waals surface area (Å²) in [5, 5.41) is 3.71. The molecule has 17 heavy (non-hydrogen) atoms. The average molecular weight is 258 g/mol. The molecule has 0 radical (unpaired) electrons. The second kappa shape index (κ2) is 8.81. The van der Waals surface area contributed by atoms with Crippen molar-refractivity contribution in [3.05, 3.63) is 0 Å². The number of amides is 1. The van der Waals surface area contributed by atoms with Gasteiger partial charge in [0, 0.05) is 18.2 Å². The largest absolute Gasteiger partial charge is 0.355 e. The summed E-state index contributed by atoms with van der Waals surface area (Å²) in [5.41, 5.74) is 5.55. The van der Waals surface area contributed by atoms with Gasteiger partial charge in [0.1, 0.15) is 0 Å². The molecule has 1 rings (SSSR count). The third-order valence-electron chi connectivity index (χ3n) is 3.48. The Morgan fingerprint density at radius 2 is 2.35 bits per heavy atom. The Kier molecular flexibility index (Phi) is 7.69. The van der Waals surface area contributed by atoms with Gasteiger partial charge < -0.3 is 11.1 Å². The monoisotopic (exact) mass is 258 g/mol. The first-order chi connectivity index (χ1) is 8.26. The first-order valence-electron chi connectivity index (χ1n) is 6.84. The number of hydrogen-bond acceptors (Lipinski definition) is 3. The van der Waals surface area contributed by atoms with Crippen LogP contribution in [0.1, 0.15) is 45.4 Å². The number of nitrogens with two attached hydrogens (primary N) is 1. The topological polar surface area (TPSA) is 55.1 Å². The number of rotatable bonds is 8. The van der Waals surface area contributed by atoms with E-state index < -0.39 is 0 Å². The summed E-state index contributed by atoms with van der Waals surface area (Å²) in [5.74, 6) is 2.09. The molecule has 0 aliphatic carbocycles. The Balaban J connectivity index is 2.07. The Bertz CT molecular complexity index is 217. The van der Waals surface area contributed by atoms with Crippen LogP contribution in [0, 0.1) is 5.92 Å².